The summed E-state index contributed by atoms with van der Waals surface area (Å²) in [6, 6.07) is 1.60. The quantitative estimate of drug-likeness (QED) is 0.907. The Morgan fingerprint density at radius 1 is 1.32 bits per heavy atom. The van der Waals surface area contributed by atoms with Gasteiger partial charge >= 0.3 is 0 Å². The van der Waals surface area contributed by atoms with Gasteiger partial charge in [0, 0.05) is 24.7 Å². The first kappa shape index (κ1) is 12.8. The molecule has 2 aliphatic heterocycles. The van der Waals surface area contributed by atoms with Gasteiger partial charge in [-0.15, -0.1) is 0 Å². The van der Waals surface area contributed by atoms with Crippen molar-refractivity contribution >= 4 is 5.82 Å². The highest BCUT2D eigenvalue weighted by Gasteiger charge is 2.36. The van der Waals surface area contributed by atoms with Crippen LogP contribution in [0, 0.1) is 12.7 Å². The normalized spacial score (nSPS) is 29.5. The molecule has 1 N–H and O–H groups in total. The van der Waals surface area contributed by atoms with Crippen molar-refractivity contribution in [2.45, 2.75) is 57.7 Å². The Morgan fingerprint density at radius 2 is 2.00 bits per heavy atom. The van der Waals surface area contributed by atoms with Gasteiger partial charge in [-0.25, -0.2) is 14.4 Å². The summed E-state index contributed by atoms with van der Waals surface area (Å²) in [5, 5.41) is 3.62. The number of anilines is 1. The summed E-state index contributed by atoms with van der Waals surface area (Å²) in [4.78, 5) is 10.2. The summed E-state index contributed by atoms with van der Waals surface area (Å²) in [6.45, 7) is 4.55. The van der Waals surface area contributed by atoms with E-state index in [1.54, 1.807) is 6.92 Å². The number of hydrogen-bond acceptors (Lipinski definition) is 4. The molecule has 0 aromatic carbocycles. The van der Waals surface area contributed by atoms with Gasteiger partial charge < -0.3 is 10.2 Å². The summed E-state index contributed by atoms with van der Waals surface area (Å²) < 4.78 is 14.2. The van der Waals surface area contributed by atoms with Crippen molar-refractivity contribution in [1.82, 2.24) is 15.3 Å². The molecule has 0 amide bonds. The average molecular weight is 264 g/mol. The van der Waals surface area contributed by atoms with E-state index >= 15 is 0 Å². The molecule has 2 unspecified atom stereocenters. The SMILES string of the molecule is CCN(c1ncnc(C)c1F)C1CC2CCC(C1)N2. The van der Waals surface area contributed by atoms with Crippen LogP contribution in [-0.4, -0.2) is 34.6 Å². The molecule has 19 heavy (non-hydrogen) atoms. The van der Waals surface area contributed by atoms with Crippen molar-refractivity contribution in [3.8, 4) is 0 Å². The fourth-order valence-corrected chi connectivity index (χ4v) is 3.51. The molecule has 104 valence electrons. The van der Waals surface area contributed by atoms with Crippen LogP contribution in [0.3, 0.4) is 0 Å². The van der Waals surface area contributed by atoms with Gasteiger partial charge in [0.2, 0.25) is 0 Å². The summed E-state index contributed by atoms with van der Waals surface area (Å²) in [5.74, 6) is 0.205. The number of halogens is 1. The van der Waals surface area contributed by atoms with Gasteiger partial charge in [-0.2, -0.15) is 0 Å². The van der Waals surface area contributed by atoms with Crippen molar-refractivity contribution in [2.75, 3.05) is 11.4 Å². The highest BCUT2D eigenvalue weighted by molar-refractivity contribution is 5.42. The minimum Gasteiger partial charge on any atom is -0.351 e. The number of rotatable bonds is 3. The van der Waals surface area contributed by atoms with Crippen LogP contribution in [0.25, 0.3) is 0 Å². The van der Waals surface area contributed by atoms with E-state index in [0.717, 1.165) is 19.4 Å². The van der Waals surface area contributed by atoms with E-state index in [0.29, 0.717) is 29.6 Å². The Labute approximate surface area is 113 Å². The molecule has 4 nitrogen and oxygen atoms in total. The second-order valence-corrected chi connectivity index (χ2v) is 5.65. The standard InChI is InChI=1S/C14H21FN4/c1-3-19(14-13(15)9(2)16-8-17-14)12-6-10-4-5-11(7-12)18-10/h8,10-12,18H,3-7H2,1-2H3. The van der Waals surface area contributed by atoms with E-state index in [2.05, 4.69) is 27.1 Å². The molecule has 2 atom stereocenters. The first-order valence-electron chi connectivity index (χ1n) is 7.18. The van der Waals surface area contributed by atoms with E-state index in [1.165, 1.54) is 19.2 Å². The third-order valence-electron chi connectivity index (χ3n) is 4.45. The van der Waals surface area contributed by atoms with Crippen LogP contribution in [0.1, 0.15) is 38.3 Å². The lowest BCUT2D eigenvalue weighted by Crippen LogP contribution is -2.49. The van der Waals surface area contributed by atoms with Gasteiger partial charge in [0.15, 0.2) is 11.6 Å². The number of hydrogen-bond donors (Lipinski definition) is 1. The summed E-state index contributed by atoms with van der Waals surface area (Å²) in [5.41, 5.74) is 0.431. The van der Waals surface area contributed by atoms with Gasteiger partial charge in [-0.3, -0.25) is 0 Å². The van der Waals surface area contributed by atoms with E-state index in [4.69, 9.17) is 0 Å². The highest BCUT2D eigenvalue weighted by Crippen LogP contribution is 2.32. The molecule has 3 heterocycles. The lowest BCUT2D eigenvalue weighted by molar-refractivity contribution is 0.345. The lowest BCUT2D eigenvalue weighted by atomic mass is 9.98. The average Bonchev–Trinajstić information content (AvgIpc) is 2.74. The maximum atomic E-state index is 14.2. The van der Waals surface area contributed by atoms with Gasteiger partial charge in [0.05, 0.1) is 5.69 Å². The molecule has 2 bridgehead atoms. The van der Waals surface area contributed by atoms with Crippen LogP contribution in [0.15, 0.2) is 6.33 Å². The van der Waals surface area contributed by atoms with Gasteiger partial charge in [0.25, 0.3) is 0 Å². The van der Waals surface area contributed by atoms with Crippen LogP contribution in [0.4, 0.5) is 10.2 Å². The van der Waals surface area contributed by atoms with Crippen LogP contribution >= 0.6 is 0 Å². The minimum absolute atomic E-state index is 0.268. The van der Waals surface area contributed by atoms with Crippen molar-refractivity contribution in [1.29, 1.82) is 0 Å². The zero-order valence-electron chi connectivity index (χ0n) is 11.6. The molecule has 2 aliphatic rings. The lowest BCUT2D eigenvalue weighted by Gasteiger charge is -2.38. The van der Waals surface area contributed by atoms with E-state index in [-0.39, 0.29) is 5.82 Å². The molecule has 1 aromatic rings. The summed E-state index contributed by atoms with van der Waals surface area (Å²) >= 11 is 0. The number of nitrogens with zero attached hydrogens (tertiary/aromatic N) is 3. The maximum absolute atomic E-state index is 14.2. The fourth-order valence-electron chi connectivity index (χ4n) is 3.51. The van der Waals surface area contributed by atoms with Crippen molar-refractivity contribution in [2.24, 2.45) is 0 Å². The Balaban J connectivity index is 1.86. The van der Waals surface area contributed by atoms with Crippen LogP contribution in [-0.2, 0) is 0 Å². The topological polar surface area (TPSA) is 41.1 Å². The van der Waals surface area contributed by atoms with E-state index < -0.39 is 0 Å². The third-order valence-corrected chi connectivity index (χ3v) is 4.45. The number of nitrogens with one attached hydrogen (secondary N) is 1. The van der Waals surface area contributed by atoms with E-state index in [1.807, 2.05) is 0 Å². The first-order chi connectivity index (χ1) is 9.19. The molecule has 2 saturated heterocycles. The zero-order valence-corrected chi connectivity index (χ0v) is 11.6. The smallest absolute Gasteiger partial charge is 0.186 e. The number of aromatic nitrogens is 2. The Hall–Kier alpha value is -1.23. The van der Waals surface area contributed by atoms with Gasteiger partial charge in [0.1, 0.15) is 6.33 Å². The molecular formula is C14H21FN4. The molecule has 0 radical (unpaired) electrons. The molecule has 0 saturated carbocycles. The van der Waals surface area contributed by atoms with Crippen molar-refractivity contribution in [3.63, 3.8) is 0 Å². The van der Waals surface area contributed by atoms with Gasteiger partial charge in [-0.1, -0.05) is 0 Å². The predicted octanol–water partition coefficient (Wildman–Crippen LogP) is 2.03. The molecule has 0 spiro atoms. The summed E-state index contributed by atoms with van der Waals surface area (Å²) in [7, 11) is 0. The number of piperidine rings is 1. The Kier molecular flexibility index (Phi) is 3.39. The molecule has 2 fully saturated rings. The number of fused-ring (bicyclic) bond motifs is 2. The van der Waals surface area contributed by atoms with Crippen LogP contribution in [0.2, 0.25) is 0 Å². The van der Waals surface area contributed by atoms with Crippen molar-refractivity contribution in [3.05, 3.63) is 17.8 Å². The largest absolute Gasteiger partial charge is 0.351 e. The van der Waals surface area contributed by atoms with Crippen LogP contribution in [0.5, 0.6) is 0 Å². The fraction of sp³-hybridized carbons (Fsp3) is 0.714. The maximum Gasteiger partial charge on any atom is 0.186 e. The Morgan fingerprint density at radius 3 is 2.63 bits per heavy atom. The Bertz CT molecular complexity index is 453. The monoisotopic (exact) mass is 264 g/mol. The molecule has 5 heteroatoms. The minimum atomic E-state index is -0.268. The van der Waals surface area contributed by atoms with Crippen LogP contribution < -0.4 is 10.2 Å². The zero-order chi connectivity index (χ0) is 13.4. The molecule has 3 rings (SSSR count). The second-order valence-electron chi connectivity index (χ2n) is 5.65. The van der Waals surface area contributed by atoms with Crippen molar-refractivity contribution < 1.29 is 4.39 Å². The van der Waals surface area contributed by atoms with Gasteiger partial charge in [-0.05, 0) is 39.5 Å². The van der Waals surface area contributed by atoms with E-state index in [9.17, 15) is 4.39 Å². The number of aryl methyl sites for hydroxylation is 1. The first-order valence-corrected chi connectivity index (χ1v) is 7.18. The highest BCUT2D eigenvalue weighted by atomic mass is 19.1. The predicted molar refractivity (Wildman–Crippen MR) is 72.7 cm³/mol. The summed E-state index contributed by atoms with van der Waals surface area (Å²) in [6.07, 6.45) is 6.15. The molecule has 1 aromatic heterocycles. The molecular weight excluding hydrogens is 243 g/mol. The third kappa shape index (κ3) is 2.31. The second kappa shape index (κ2) is 5.04. The molecule has 0 aliphatic carbocycles.